The number of aromatic nitrogens is 3. The Morgan fingerprint density at radius 3 is 2.89 bits per heavy atom. The van der Waals surface area contributed by atoms with Crippen LogP contribution in [-0.2, 0) is 20.8 Å². The zero-order valence-electron chi connectivity index (χ0n) is 21.8. The lowest BCUT2D eigenvalue weighted by molar-refractivity contribution is -0.146. The van der Waals surface area contributed by atoms with Crippen molar-refractivity contribution in [1.82, 2.24) is 24.6 Å². The van der Waals surface area contributed by atoms with Crippen molar-refractivity contribution in [2.24, 2.45) is 0 Å². The average Bonchev–Trinajstić information content (AvgIpc) is 3.56. The summed E-state index contributed by atoms with van der Waals surface area (Å²) in [7, 11) is 4.72. The summed E-state index contributed by atoms with van der Waals surface area (Å²) in [4.78, 5) is 23.6. The van der Waals surface area contributed by atoms with Crippen molar-refractivity contribution in [1.29, 1.82) is 0 Å². The van der Waals surface area contributed by atoms with Crippen LogP contribution in [-0.4, -0.2) is 84.9 Å². The summed E-state index contributed by atoms with van der Waals surface area (Å²) >= 11 is 3.63. The van der Waals surface area contributed by atoms with E-state index in [0.717, 1.165) is 54.3 Å². The number of nitrogens with one attached hydrogen (secondary N) is 2. The van der Waals surface area contributed by atoms with Gasteiger partial charge >= 0.3 is 5.97 Å². The van der Waals surface area contributed by atoms with Crippen LogP contribution in [0.4, 0.5) is 5.82 Å². The molecule has 204 valence electrons. The van der Waals surface area contributed by atoms with Crippen molar-refractivity contribution in [2.45, 2.75) is 37.6 Å². The van der Waals surface area contributed by atoms with Gasteiger partial charge in [0.2, 0.25) is 0 Å². The fourth-order valence-corrected chi connectivity index (χ4v) is 5.75. The Hall–Kier alpha value is -2.93. The molecule has 2 aromatic heterocycles. The molecule has 0 radical (unpaired) electrons. The van der Waals surface area contributed by atoms with Gasteiger partial charge in [-0.1, -0.05) is 0 Å². The molecule has 0 amide bonds. The van der Waals surface area contributed by atoms with Crippen molar-refractivity contribution in [3.63, 3.8) is 0 Å². The predicted octanol–water partition coefficient (Wildman–Crippen LogP) is 2.79. The lowest BCUT2D eigenvalue weighted by Gasteiger charge is -2.33. The number of hydrogen-bond acceptors (Lipinski definition) is 10. The molecule has 0 saturated carbocycles. The minimum absolute atomic E-state index is 0.129. The number of anilines is 1. The Morgan fingerprint density at radius 2 is 2.16 bits per heavy atom. The van der Waals surface area contributed by atoms with Crippen LogP contribution < -0.4 is 20.1 Å². The third-order valence-electron chi connectivity index (χ3n) is 7.15. The van der Waals surface area contributed by atoms with E-state index in [9.17, 15) is 4.79 Å². The second-order valence-electron chi connectivity index (χ2n) is 9.39. The van der Waals surface area contributed by atoms with Gasteiger partial charge in [0.05, 0.1) is 27.9 Å². The maximum atomic E-state index is 12.1. The van der Waals surface area contributed by atoms with Crippen LogP contribution in [0.1, 0.15) is 30.3 Å². The van der Waals surface area contributed by atoms with E-state index in [2.05, 4.69) is 36.4 Å². The average molecular weight is 589 g/mol. The Balaban J connectivity index is 1.26. The Morgan fingerprint density at radius 1 is 1.29 bits per heavy atom. The van der Waals surface area contributed by atoms with Gasteiger partial charge in [0, 0.05) is 49.7 Å². The molecule has 38 heavy (non-hydrogen) atoms. The van der Waals surface area contributed by atoms with E-state index in [4.69, 9.17) is 23.9 Å². The highest BCUT2D eigenvalue weighted by Gasteiger charge is 2.35. The minimum Gasteiger partial charge on any atom is -0.497 e. The van der Waals surface area contributed by atoms with E-state index in [1.54, 1.807) is 20.4 Å². The second kappa shape index (κ2) is 11.9. The first-order chi connectivity index (χ1) is 18.5. The third kappa shape index (κ3) is 5.44. The minimum atomic E-state index is -0.225. The van der Waals surface area contributed by atoms with Crippen LogP contribution >= 0.6 is 15.9 Å². The lowest BCUT2D eigenvalue weighted by Crippen LogP contribution is -2.51. The van der Waals surface area contributed by atoms with Gasteiger partial charge in [-0.05, 0) is 47.4 Å². The van der Waals surface area contributed by atoms with Gasteiger partial charge in [0.1, 0.15) is 39.6 Å². The van der Waals surface area contributed by atoms with Crippen LogP contribution in [0.5, 0.6) is 11.5 Å². The van der Waals surface area contributed by atoms with Crippen molar-refractivity contribution < 1.29 is 23.7 Å². The largest absolute Gasteiger partial charge is 0.497 e. The Bertz CT molecular complexity index is 1280. The molecule has 0 unspecified atom stereocenters. The molecular formula is C26H33BrN6O5. The standard InChI is InChI=1S/C26H33BrN6O5/c1-35-18-7-6-16(20(11-18)36-2)12-30-24-22-23(27)31-25(33(22)10-8-28-24)21-13-29-17(15-38-21)14-32-9-4-5-19(32)26(34)37-3/h6-8,10-11,17,19,21,29H,4-5,9,12-15H2,1-3H3,(H,28,30)/t17-,19-,21-/m1/s1. The Kier molecular flexibility index (Phi) is 8.32. The van der Waals surface area contributed by atoms with E-state index in [0.29, 0.717) is 30.1 Å². The number of nitrogens with zero attached hydrogens (tertiary/aromatic N) is 4. The molecular weight excluding hydrogens is 556 g/mol. The number of fused-ring (bicyclic) bond motifs is 1. The van der Waals surface area contributed by atoms with Gasteiger partial charge < -0.3 is 29.6 Å². The maximum absolute atomic E-state index is 12.1. The number of hydrogen-bond donors (Lipinski definition) is 2. The molecule has 2 aliphatic heterocycles. The number of benzene rings is 1. The van der Waals surface area contributed by atoms with Gasteiger partial charge in [-0.2, -0.15) is 0 Å². The summed E-state index contributed by atoms with van der Waals surface area (Å²) in [5, 5.41) is 7.00. The highest BCUT2D eigenvalue weighted by molar-refractivity contribution is 9.10. The predicted molar refractivity (Wildman–Crippen MR) is 145 cm³/mol. The number of ether oxygens (including phenoxy) is 4. The van der Waals surface area contributed by atoms with Gasteiger partial charge in [0.15, 0.2) is 5.82 Å². The summed E-state index contributed by atoms with van der Waals surface area (Å²) in [6.45, 7) is 3.28. The van der Waals surface area contributed by atoms with Gasteiger partial charge in [-0.25, -0.2) is 9.97 Å². The molecule has 12 heteroatoms. The number of rotatable bonds is 9. The number of halogens is 1. The Labute approximate surface area is 229 Å². The number of imidazole rings is 1. The summed E-state index contributed by atoms with van der Waals surface area (Å²) in [5.74, 6) is 2.80. The maximum Gasteiger partial charge on any atom is 0.323 e. The molecule has 2 aliphatic rings. The fourth-order valence-electron chi connectivity index (χ4n) is 5.19. The fraction of sp³-hybridized carbons (Fsp3) is 0.500. The third-order valence-corrected chi connectivity index (χ3v) is 7.70. The van der Waals surface area contributed by atoms with Crippen LogP contribution in [0.25, 0.3) is 5.52 Å². The molecule has 3 aromatic rings. The van der Waals surface area contributed by atoms with Crippen molar-refractivity contribution in [3.05, 3.63) is 46.6 Å². The molecule has 5 rings (SSSR count). The van der Waals surface area contributed by atoms with Gasteiger partial charge in [-0.15, -0.1) is 0 Å². The molecule has 11 nitrogen and oxygen atoms in total. The smallest absolute Gasteiger partial charge is 0.323 e. The number of carbonyl (C=O) groups excluding carboxylic acids is 1. The first kappa shape index (κ1) is 26.7. The summed E-state index contributed by atoms with van der Waals surface area (Å²) in [6, 6.07) is 5.69. The summed E-state index contributed by atoms with van der Waals surface area (Å²) < 4.78 is 24.8. The molecule has 3 atom stereocenters. The van der Waals surface area contributed by atoms with E-state index in [1.165, 1.54) is 7.11 Å². The first-order valence-corrected chi connectivity index (χ1v) is 13.5. The molecule has 2 fully saturated rings. The van der Waals surface area contributed by atoms with Gasteiger partial charge in [0.25, 0.3) is 0 Å². The number of carbonyl (C=O) groups is 1. The van der Waals surface area contributed by atoms with E-state index >= 15 is 0 Å². The molecule has 2 saturated heterocycles. The molecule has 4 heterocycles. The molecule has 0 spiro atoms. The van der Waals surface area contributed by atoms with Gasteiger partial charge in [-0.3, -0.25) is 14.1 Å². The first-order valence-electron chi connectivity index (χ1n) is 12.7. The van der Waals surface area contributed by atoms with Crippen molar-refractivity contribution in [3.8, 4) is 11.5 Å². The summed E-state index contributed by atoms with van der Waals surface area (Å²) in [5.41, 5.74) is 1.81. The van der Waals surface area contributed by atoms with Crippen molar-refractivity contribution >= 4 is 33.2 Å². The normalized spacial score (nSPS) is 21.9. The lowest BCUT2D eigenvalue weighted by atomic mass is 10.2. The monoisotopic (exact) mass is 588 g/mol. The van der Waals surface area contributed by atoms with E-state index < -0.39 is 0 Å². The molecule has 1 aromatic carbocycles. The topological polar surface area (TPSA) is 111 Å². The molecule has 0 aliphatic carbocycles. The second-order valence-corrected chi connectivity index (χ2v) is 10.1. The highest BCUT2D eigenvalue weighted by atomic mass is 79.9. The number of esters is 1. The van der Waals surface area contributed by atoms with Crippen LogP contribution in [0.3, 0.4) is 0 Å². The van der Waals surface area contributed by atoms with Crippen LogP contribution in [0.2, 0.25) is 0 Å². The zero-order chi connectivity index (χ0) is 26.6. The zero-order valence-corrected chi connectivity index (χ0v) is 23.4. The molecule has 2 N–H and O–H groups in total. The SMILES string of the molecule is COC(=O)[C@H]1CCCN1C[C@@H]1CO[C@@H](c2nc(Br)c3c(NCc4ccc(OC)cc4OC)nccn23)CN1. The highest BCUT2D eigenvalue weighted by Crippen LogP contribution is 2.31. The number of morpholine rings is 1. The van der Waals surface area contributed by atoms with E-state index in [1.807, 2.05) is 28.8 Å². The van der Waals surface area contributed by atoms with Crippen LogP contribution in [0, 0.1) is 0 Å². The van der Waals surface area contributed by atoms with Crippen LogP contribution in [0.15, 0.2) is 35.2 Å². The molecule has 0 bridgehead atoms. The summed E-state index contributed by atoms with van der Waals surface area (Å²) in [6.07, 6.45) is 5.25. The van der Waals surface area contributed by atoms with E-state index in [-0.39, 0.29) is 24.2 Å². The van der Waals surface area contributed by atoms with Crippen molar-refractivity contribution in [2.75, 3.05) is 52.9 Å². The quantitative estimate of drug-likeness (QED) is 0.362. The number of likely N-dealkylation sites (tertiary alicyclic amines) is 1. The number of methoxy groups -OCH3 is 3.